The third-order valence-electron chi connectivity index (χ3n) is 3.16. The SMILES string of the molecule is O=C1C2CCC(O2)C(=O)N1c1ccc(Br)cc1F. The van der Waals surface area contributed by atoms with Crippen LogP contribution in [-0.4, -0.2) is 24.0 Å². The van der Waals surface area contributed by atoms with Gasteiger partial charge in [-0.2, -0.15) is 0 Å². The lowest BCUT2D eigenvalue weighted by molar-refractivity contribution is -0.146. The van der Waals surface area contributed by atoms with E-state index in [9.17, 15) is 14.0 Å². The Balaban J connectivity index is 2.05. The predicted molar refractivity (Wildman–Crippen MR) is 64.5 cm³/mol. The molecular formula is C12H9BrFNO3. The van der Waals surface area contributed by atoms with Gasteiger partial charge < -0.3 is 4.74 Å². The van der Waals surface area contributed by atoms with Crippen LogP contribution in [0, 0.1) is 5.82 Å². The summed E-state index contributed by atoms with van der Waals surface area (Å²) in [5.74, 6) is -1.56. The first-order chi connectivity index (χ1) is 8.58. The highest BCUT2D eigenvalue weighted by Crippen LogP contribution is 2.33. The summed E-state index contributed by atoms with van der Waals surface area (Å²) in [6.45, 7) is 0. The van der Waals surface area contributed by atoms with E-state index >= 15 is 0 Å². The van der Waals surface area contributed by atoms with Crippen molar-refractivity contribution in [3.8, 4) is 0 Å². The molecule has 3 rings (SSSR count). The molecule has 2 amide bonds. The van der Waals surface area contributed by atoms with Crippen LogP contribution in [0.5, 0.6) is 0 Å². The van der Waals surface area contributed by atoms with Crippen LogP contribution in [0.25, 0.3) is 0 Å². The Morgan fingerprint density at radius 2 is 1.83 bits per heavy atom. The van der Waals surface area contributed by atoms with Crippen LogP contribution < -0.4 is 4.90 Å². The van der Waals surface area contributed by atoms with E-state index in [1.165, 1.54) is 12.1 Å². The van der Waals surface area contributed by atoms with E-state index in [4.69, 9.17) is 4.74 Å². The van der Waals surface area contributed by atoms with Crippen LogP contribution in [0.4, 0.5) is 10.1 Å². The number of amides is 2. The maximum Gasteiger partial charge on any atom is 0.263 e. The average Bonchev–Trinajstić information content (AvgIpc) is 2.76. The minimum atomic E-state index is -0.615. The first-order valence-electron chi connectivity index (χ1n) is 5.56. The Hall–Kier alpha value is -1.27. The van der Waals surface area contributed by atoms with Gasteiger partial charge in [0.15, 0.2) is 0 Å². The van der Waals surface area contributed by atoms with Gasteiger partial charge in [0.1, 0.15) is 18.0 Å². The van der Waals surface area contributed by atoms with E-state index in [0.717, 1.165) is 4.90 Å². The Labute approximate surface area is 111 Å². The monoisotopic (exact) mass is 313 g/mol. The summed E-state index contributed by atoms with van der Waals surface area (Å²) in [6, 6.07) is 4.24. The van der Waals surface area contributed by atoms with Crippen LogP contribution >= 0.6 is 15.9 Å². The van der Waals surface area contributed by atoms with Crippen LogP contribution in [0.2, 0.25) is 0 Å². The van der Waals surface area contributed by atoms with Crippen molar-refractivity contribution < 1.29 is 18.7 Å². The molecule has 1 aromatic rings. The molecule has 0 radical (unpaired) electrons. The molecule has 2 bridgehead atoms. The van der Waals surface area contributed by atoms with Crippen molar-refractivity contribution in [2.24, 2.45) is 0 Å². The molecule has 1 aromatic carbocycles. The van der Waals surface area contributed by atoms with Gasteiger partial charge in [-0.3, -0.25) is 9.59 Å². The number of carbonyl (C=O) groups excluding carboxylic acids is 2. The van der Waals surface area contributed by atoms with Crippen molar-refractivity contribution in [1.82, 2.24) is 0 Å². The highest BCUT2D eigenvalue weighted by Gasteiger charge is 2.47. The van der Waals surface area contributed by atoms with E-state index in [-0.39, 0.29) is 5.69 Å². The predicted octanol–water partition coefficient (Wildman–Crippen LogP) is 2.01. The molecule has 6 heteroatoms. The Kier molecular flexibility index (Phi) is 2.71. The second-order valence-corrected chi connectivity index (χ2v) is 5.21. The number of ether oxygens (including phenoxy) is 1. The number of halogens is 2. The van der Waals surface area contributed by atoms with Gasteiger partial charge in [0.25, 0.3) is 11.8 Å². The minimum Gasteiger partial charge on any atom is -0.355 e. The Morgan fingerprint density at radius 3 is 2.39 bits per heavy atom. The van der Waals surface area contributed by atoms with Gasteiger partial charge in [0.05, 0.1) is 5.69 Å². The average molecular weight is 314 g/mol. The fraction of sp³-hybridized carbons (Fsp3) is 0.333. The number of anilines is 1. The van der Waals surface area contributed by atoms with E-state index in [0.29, 0.717) is 17.3 Å². The Bertz CT molecular complexity index is 526. The summed E-state index contributed by atoms with van der Waals surface area (Å²) in [6.07, 6.45) is -0.195. The summed E-state index contributed by atoms with van der Waals surface area (Å²) in [5.41, 5.74) is -0.00611. The number of carbonyl (C=O) groups is 2. The molecule has 2 saturated heterocycles. The molecule has 2 atom stereocenters. The van der Waals surface area contributed by atoms with Gasteiger partial charge in [-0.1, -0.05) is 15.9 Å². The summed E-state index contributed by atoms with van der Waals surface area (Å²) < 4.78 is 19.7. The number of hydrogen-bond donors (Lipinski definition) is 0. The molecule has 0 spiro atoms. The molecule has 4 nitrogen and oxygen atoms in total. The summed E-state index contributed by atoms with van der Waals surface area (Å²) >= 11 is 3.13. The van der Waals surface area contributed by atoms with Gasteiger partial charge >= 0.3 is 0 Å². The van der Waals surface area contributed by atoms with Gasteiger partial charge in [-0.05, 0) is 31.0 Å². The molecule has 18 heavy (non-hydrogen) atoms. The molecule has 2 fully saturated rings. The first-order valence-corrected chi connectivity index (χ1v) is 6.35. The summed E-state index contributed by atoms with van der Waals surface area (Å²) in [5, 5.41) is 0. The zero-order chi connectivity index (χ0) is 12.9. The number of benzene rings is 1. The zero-order valence-electron chi connectivity index (χ0n) is 9.23. The molecule has 2 aliphatic rings. The van der Waals surface area contributed by atoms with Crippen molar-refractivity contribution in [1.29, 1.82) is 0 Å². The van der Waals surface area contributed by atoms with Crippen molar-refractivity contribution in [2.45, 2.75) is 25.0 Å². The number of rotatable bonds is 1. The van der Waals surface area contributed by atoms with E-state index < -0.39 is 29.8 Å². The quantitative estimate of drug-likeness (QED) is 0.745. The normalized spacial score (nSPS) is 26.9. The second kappa shape index (κ2) is 4.13. The van der Waals surface area contributed by atoms with Crippen LogP contribution in [0.3, 0.4) is 0 Å². The smallest absolute Gasteiger partial charge is 0.263 e. The van der Waals surface area contributed by atoms with E-state index in [1.54, 1.807) is 6.07 Å². The highest BCUT2D eigenvalue weighted by atomic mass is 79.9. The van der Waals surface area contributed by atoms with Crippen LogP contribution in [-0.2, 0) is 14.3 Å². The molecule has 94 valence electrons. The fourth-order valence-corrected chi connectivity index (χ4v) is 2.63. The third kappa shape index (κ3) is 1.67. The van der Waals surface area contributed by atoms with Gasteiger partial charge in [-0.25, -0.2) is 9.29 Å². The maximum absolute atomic E-state index is 13.8. The maximum atomic E-state index is 13.8. The third-order valence-corrected chi connectivity index (χ3v) is 3.66. The van der Waals surface area contributed by atoms with Crippen molar-refractivity contribution in [2.75, 3.05) is 4.90 Å². The van der Waals surface area contributed by atoms with E-state index in [2.05, 4.69) is 15.9 Å². The van der Waals surface area contributed by atoms with Gasteiger partial charge in [0, 0.05) is 4.47 Å². The minimum absolute atomic E-state index is 0.00611. The van der Waals surface area contributed by atoms with E-state index in [1.807, 2.05) is 0 Å². The molecule has 0 aliphatic carbocycles. The zero-order valence-corrected chi connectivity index (χ0v) is 10.8. The molecule has 0 N–H and O–H groups in total. The lowest BCUT2D eigenvalue weighted by Gasteiger charge is -2.30. The summed E-state index contributed by atoms with van der Waals surface area (Å²) in [4.78, 5) is 25.0. The molecule has 0 aromatic heterocycles. The molecule has 0 saturated carbocycles. The molecular weight excluding hydrogens is 305 g/mol. The molecule has 2 unspecified atom stereocenters. The number of fused-ring (bicyclic) bond motifs is 2. The van der Waals surface area contributed by atoms with Crippen LogP contribution in [0.1, 0.15) is 12.8 Å². The molecule has 2 heterocycles. The van der Waals surface area contributed by atoms with Crippen molar-refractivity contribution >= 4 is 33.4 Å². The second-order valence-electron chi connectivity index (χ2n) is 4.30. The lowest BCUT2D eigenvalue weighted by Crippen LogP contribution is -2.52. The lowest BCUT2D eigenvalue weighted by atomic mass is 10.2. The summed E-state index contributed by atoms with van der Waals surface area (Å²) in [7, 11) is 0. The van der Waals surface area contributed by atoms with Crippen molar-refractivity contribution in [3.63, 3.8) is 0 Å². The number of nitrogens with zero attached hydrogens (tertiary/aromatic N) is 1. The Morgan fingerprint density at radius 1 is 1.22 bits per heavy atom. The highest BCUT2D eigenvalue weighted by molar-refractivity contribution is 9.10. The molecule has 2 aliphatic heterocycles. The number of hydrogen-bond acceptors (Lipinski definition) is 3. The number of imide groups is 1. The number of morpholine rings is 1. The van der Waals surface area contributed by atoms with Crippen molar-refractivity contribution in [3.05, 3.63) is 28.5 Å². The van der Waals surface area contributed by atoms with Crippen LogP contribution in [0.15, 0.2) is 22.7 Å². The van der Waals surface area contributed by atoms with Gasteiger partial charge in [-0.15, -0.1) is 0 Å². The van der Waals surface area contributed by atoms with Gasteiger partial charge in [0.2, 0.25) is 0 Å². The standard InChI is InChI=1S/C12H9BrFNO3/c13-6-1-2-8(7(14)5-6)15-11(16)9-3-4-10(18-9)12(15)17/h1-2,5,9-10H,3-4H2. The first kappa shape index (κ1) is 11.8. The fourth-order valence-electron chi connectivity index (χ4n) is 2.30. The largest absolute Gasteiger partial charge is 0.355 e. The topological polar surface area (TPSA) is 46.6 Å².